The van der Waals surface area contributed by atoms with Crippen LogP contribution in [0.2, 0.25) is 0 Å². The van der Waals surface area contributed by atoms with Crippen molar-refractivity contribution in [1.82, 2.24) is 5.32 Å². The number of urea groups is 1. The summed E-state index contributed by atoms with van der Waals surface area (Å²) in [5.41, 5.74) is 0.868. The number of benzene rings is 2. The molecular weight excluding hydrogens is 297 g/mol. The highest BCUT2D eigenvalue weighted by atomic mass is 19.1. The Bertz CT molecular complexity index is 677. The van der Waals surface area contributed by atoms with Crippen LogP contribution in [0.25, 0.3) is 0 Å². The molecule has 0 radical (unpaired) electrons. The fraction of sp³-hybridized carbons (Fsp3) is 0.176. The minimum Gasteiger partial charge on any atom is -0.336 e. The Hall–Kier alpha value is -2.89. The zero-order chi connectivity index (χ0) is 16.7. The molecule has 0 aliphatic carbocycles. The van der Waals surface area contributed by atoms with Crippen LogP contribution in [0.1, 0.15) is 6.92 Å². The van der Waals surface area contributed by atoms with E-state index in [0.717, 1.165) is 0 Å². The van der Waals surface area contributed by atoms with Crippen LogP contribution in [-0.2, 0) is 4.79 Å². The van der Waals surface area contributed by atoms with Gasteiger partial charge in [-0.05, 0) is 24.3 Å². The summed E-state index contributed by atoms with van der Waals surface area (Å²) in [6, 6.07) is 14.7. The van der Waals surface area contributed by atoms with E-state index < -0.39 is 5.82 Å². The van der Waals surface area contributed by atoms with Crippen molar-refractivity contribution in [2.45, 2.75) is 6.92 Å². The van der Waals surface area contributed by atoms with Gasteiger partial charge in [-0.2, -0.15) is 0 Å². The normalized spacial score (nSPS) is 10.0. The average molecular weight is 315 g/mol. The summed E-state index contributed by atoms with van der Waals surface area (Å²) < 4.78 is 13.8. The van der Waals surface area contributed by atoms with Gasteiger partial charge in [0.05, 0.1) is 5.69 Å². The minimum atomic E-state index is -0.476. The topological polar surface area (TPSA) is 61.4 Å². The number of nitrogens with one attached hydrogen (secondary N) is 2. The quantitative estimate of drug-likeness (QED) is 0.891. The first-order valence-corrected chi connectivity index (χ1v) is 7.20. The molecule has 0 fully saturated rings. The maximum atomic E-state index is 13.8. The first-order chi connectivity index (χ1) is 11.1. The molecule has 0 atom stereocenters. The van der Waals surface area contributed by atoms with Crippen LogP contribution in [0.4, 0.5) is 20.6 Å². The van der Waals surface area contributed by atoms with Crippen molar-refractivity contribution in [3.8, 4) is 0 Å². The van der Waals surface area contributed by atoms with E-state index >= 15 is 0 Å². The molecule has 0 heterocycles. The lowest BCUT2D eigenvalue weighted by Gasteiger charge is -2.21. The van der Waals surface area contributed by atoms with Crippen molar-refractivity contribution >= 4 is 23.3 Å². The van der Waals surface area contributed by atoms with Crippen molar-refractivity contribution in [2.24, 2.45) is 0 Å². The third-order valence-corrected chi connectivity index (χ3v) is 3.18. The molecule has 2 aromatic rings. The van der Waals surface area contributed by atoms with Crippen LogP contribution < -0.4 is 15.5 Å². The van der Waals surface area contributed by atoms with Gasteiger partial charge in [0, 0.05) is 25.7 Å². The van der Waals surface area contributed by atoms with Crippen molar-refractivity contribution in [3.63, 3.8) is 0 Å². The maximum absolute atomic E-state index is 13.8. The van der Waals surface area contributed by atoms with Gasteiger partial charge in [-0.1, -0.05) is 30.3 Å². The Morgan fingerprint density at radius 1 is 1.04 bits per heavy atom. The van der Waals surface area contributed by atoms with E-state index in [-0.39, 0.29) is 30.7 Å². The van der Waals surface area contributed by atoms with E-state index in [0.29, 0.717) is 5.69 Å². The highest BCUT2D eigenvalue weighted by molar-refractivity contribution is 5.92. The molecule has 0 aliphatic rings. The average Bonchev–Trinajstić information content (AvgIpc) is 2.53. The van der Waals surface area contributed by atoms with E-state index in [9.17, 15) is 14.0 Å². The van der Waals surface area contributed by atoms with Gasteiger partial charge in [0.25, 0.3) is 0 Å². The molecule has 0 saturated heterocycles. The minimum absolute atomic E-state index is 0.179. The molecule has 0 spiro atoms. The predicted molar refractivity (Wildman–Crippen MR) is 87.9 cm³/mol. The molecular formula is C17H18FN3O2. The van der Waals surface area contributed by atoms with E-state index in [1.54, 1.807) is 24.3 Å². The molecule has 0 aromatic heterocycles. The summed E-state index contributed by atoms with van der Waals surface area (Å²) in [4.78, 5) is 24.8. The van der Waals surface area contributed by atoms with Gasteiger partial charge in [0.15, 0.2) is 0 Å². The number of carbonyl (C=O) groups excluding carboxylic acids is 2. The standard InChI is InChI=1S/C17H18FN3O2/c1-13(22)21(16-10-6-5-9-15(16)18)12-11-19-17(23)20-14-7-3-2-4-8-14/h2-10H,11-12H2,1H3,(H2,19,20,23). The van der Waals surface area contributed by atoms with Gasteiger partial charge >= 0.3 is 6.03 Å². The Morgan fingerprint density at radius 3 is 2.35 bits per heavy atom. The molecule has 23 heavy (non-hydrogen) atoms. The zero-order valence-corrected chi connectivity index (χ0v) is 12.8. The van der Waals surface area contributed by atoms with Crippen molar-refractivity contribution in [1.29, 1.82) is 0 Å². The van der Waals surface area contributed by atoms with Gasteiger partial charge in [-0.15, -0.1) is 0 Å². The fourth-order valence-corrected chi connectivity index (χ4v) is 2.10. The number of nitrogens with zero attached hydrogens (tertiary/aromatic N) is 1. The Kier molecular flexibility index (Phi) is 5.68. The Labute approximate surface area is 134 Å². The third kappa shape index (κ3) is 4.81. The number of halogens is 1. The molecule has 0 saturated carbocycles. The van der Waals surface area contributed by atoms with Gasteiger partial charge in [0.2, 0.25) is 5.91 Å². The zero-order valence-electron chi connectivity index (χ0n) is 12.8. The highest BCUT2D eigenvalue weighted by Crippen LogP contribution is 2.18. The summed E-state index contributed by atoms with van der Waals surface area (Å²) in [5.74, 6) is -0.767. The maximum Gasteiger partial charge on any atom is 0.319 e. The van der Waals surface area contributed by atoms with Gasteiger partial charge in [-0.3, -0.25) is 4.79 Å². The van der Waals surface area contributed by atoms with E-state index in [4.69, 9.17) is 0 Å². The summed E-state index contributed by atoms with van der Waals surface area (Å²) >= 11 is 0. The molecule has 2 aromatic carbocycles. The molecule has 6 heteroatoms. The lowest BCUT2D eigenvalue weighted by molar-refractivity contribution is -0.116. The first kappa shape index (κ1) is 16.5. The predicted octanol–water partition coefficient (Wildman–Crippen LogP) is 3.00. The molecule has 5 nitrogen and oxygen atoms in total. The summed E-state index contributed by atoms with van der Waals surface area (Å²) in [5, 5.41) is 5.31. The largest absolute Gasteiger partial charge is 0.336 e. The summed E-state index contributed by atoms with van der Waals surface area (Å²) in [7, 11) is 0. The summed E-state index contributed by atoms with van der Waals surface area (Å²) in [6.07, 6.45) is 0. The Balaban J connectivity index is 1.89. The molecule has 3 amide bonds. The molecule has 0 bridgehead atoms. The van der Waals surface area contributed by atoms with Crippen LogP contribution in [0.3, 0.4) is 0 Å². The smallest absolute Gasteiger partial charge is 0.319 e. The first-order valence-electron chi connectivity index (χ1n) is 7.20. The molecule has 2 rings (SSSR count). The number of para-hydroxylation sites is 2. The Morgan fingerprint density at radius 2 is 1.70 bits per heavy atom. The van der Waals surface area contributed by atoms with Crippen molar-refractivity contribution in [3.05, 3.63) is 60.4 Å². The SMILES string of the molecule is CC(=O)N(CCNC(=O)Nc1ccccc1)c1ccccc1F. The van der Waals surface area contributed by atoms with E-state index in [1.807, 2.05) is 18.2 Å². The number of amides is 3. The molecule has 2 N–H and O–H groups in total. The second-order valence-electron chi connectivity index (χ2n) is 4.87. The summed E-state index contributed by atoms with van der Waals surface area (Å²) in [6.45, 7) is 1.74. The third-order valence-electron chi connectivity index (χ3n) is 3.18. The molecule has 0 aliphatic heterocycles. The van der Waals surface area contributed by atoms with Crippen LogP contribution in [0, 0.1) is 5.82 Å². The number of carbonyl (C=O) groups is 2. The van der Waals surface area contributed by atoms with Crippen LogP contribution in [0.15, 0.2) is 54.6 Å². The van der Waals surface area contributed by atoms with Gasteiger partial charge in [0.1, 0.15) is 5.82 Å². The van der Waals surface area contributed by atoms with Crippen LogP contribution >= 0.6 is 0 Å². The molecule has 120 valence electrons. The number of rotatable bonds is 5. The van der Waals surface area contributed by atoms with Crippen molar-refractivity contribution in [2.75, 3.05) is 23.3 Å². The van der Waals surface area contributed by atoms with Crippen LogP contribution in [-0.4, -0.2) is 25.0 Å². The monoisotopic (exact) mass is 315 g/mol. The number of anilines is 2. The van der Waals surface area contributed by atoms with Crippen molar-refractivity contribution < 1.29 is 14.0 Å². The second kappa shape index (κ2) is 7.93. The second-order valence-corrected chi connectivity index (χ2v) is 4.87. The van der Waals surface area contributed by atoms with Gasteiger partial charge in [-0.25, -0.2) is 9.18 Å². The fourth-order valence-electron chi connectivity index (χ4n) is 2.10. The van der Waals surface area contributed by atoms with E-state index in [2.05, 4.69) is 10.6 Å². The number of hydrogen-bond acceptors (Lipinski definition) is 2. The lowest BCUT2D eigenvalue weighted by atomic mass is 10.2. The lowest BCUT2D eigenvalue weighted by Crippen LogP contribution is -2.39. The van der Waals surface area contributed by atoms with Crippen LogP contribution in [0.5, 0.6) is 0 Å². The number of hydrogen-bond donors (Lipinski definition) is 2. The highest BCUT2D eigenvalue weighted by Gasteiger charge is 2.15. The van der Waals surface area contributed by atoms with E-state index in [1.165, 1.54) is 24.0 Å². The molecule has 0 unspecified atom stereocenters. The van der Waals surface area contributed by atoms with Gasteiger partial charge < -0.3 is 15.5 Å².